The molecule has 0 fully saturated rings. The maximum Gasteiger partial charge on any atom is 0.123 e. The molecule has 2 N–H and O–H groups in total. The molecule has 4 heteroatoms. The summed E-state index contributed by atoms with van der Waals surface area (Å²) in [6, 6.07) is 14.7. The Labute approximate surface area is 141 Å². The van der Waals surface area contributed by atoms with Gasteiger partial charge in [-0.05, 0) is 49.2 Å². The second kappa shape index (κ2) is 6.13. The van der Waals surface area contributed by atoms with Crippen molar-refractivity contribution in [2.75, 3.05) is 6.54 Å². The van der Waals surface area contributed by atoms with Gasteiger partial charge in [0.15, 0.2) is 0 Å². The Bertz CT molecular complexity index is 993. The van der Waals surface area contributed by atoms with Crippen LogP contribution in [0.25, 0.3) is 21.9 Å². The maximum atomic E-state index is 4.71. The second-order valence-corrected chi connectivity index (χ2v) is 6.31. The zero-order valence-corrected chi connectivity index (χ0v) is 14.1. The SMILES string of the molecule is Cc1cccc2[nH]cc(CCNCc3nc4ccccc4n3C)c12. The third-order valence-corrected chi connectivity index (χ3v) is 4.73. The summed E-state index contributed by atoms with van der Waals surface area (Å²) in [7, 11) is 2.08. The first-order valence-corrected chi connectivity index (χ1v) is 8.40. The number of aromatic nitrogens is 3. The lowest BCUT2D eigenvalue weighted by Gasteiger charge is -2.06. The fourth-order valence-electron chi connectivity index (χ4n) is 3.43. The molecule has 0 unspecified atom stereocenters. The van der Waals surface area contributed by atoms with Gasteiger partial charge in [0, 0.05) is 24.1 Å². The second-order valence-electron chi connectivity index (χ2n) is 6.31. The normalized spacial score (nSPS) is 11.6. The lowest BCUT2D eigenvalue weighted by Crippen LogP contribution is -2.19. The summed E-state index contributed by atoms with van der Waals surface area (Å²) in [5, 5.41) is 4.89. The van der Waals surface area contributed by atoms with Crippen molar-refractivity contribution in [3.63, 3.8) is 0 Å². The van der Waals surface area contributed by atoms with E-state index >= 15 is 0 Å². The van der Waals surface area contributed by atoms with Gasteiger partial charge in [0.05, 0.1) is 17.6 Å². The first kappa shape index (κ1) is 15.0. The van der Waals surface area contributed by atoms with Crippen molar-refractivity contribution in [1.82, 2.24) is 19.9 Å². The Morgan fingerprint density at radius 3 is 2.88 bits per heavy atom. The standard InChI is InChI=1S/C20H22N4/c1-14-6-5-8-17-20(14)15(12-22-17)10-11-21-13-19-23-16-7-3-4-9-18(16)24(19)2/h3-9,12,21-22H,10-11,13H2,1-2H3. The van der Waals surface area contributed by atoms with E-state index in [1.165, 1.54) is 27.5 Å². The van der Waals surface area contributed by atoms with Crippen molar-refractivity contribution in [2.45, 2.75) is 19.9 Å². The molecule has 0 saturated heterocycles. The summed E-state index contributed by atoms with van der Waals surface area (Å²) < 4.78 is 2.16. The van der Waals surface area contributed by atoms with Gasteiger partial charge < -0.3 is 14.9 Å². The minimum atomic E-state index is 0.784. The Morgan fingerprint density at radius 2 is 2.00 bits per heavy atom. The van der Waals surface area contributed by atoms with Crippen molar-refractivity contribution in [3.8, 4) is 0 Å². The van der Waals surface area contributed by atoms with Gasteiger partial charge >= 0.3 is 0 Å². The summed E-state index contributed by atoms with van der Waals surface area (Å²) >= 11 is 0. The fraction of sp³-hybridized carbons (Fsp3) is 0.250. The molecule has 0 saturated carbocycles. The van der Waals surface area contributed by atoms with E-state index in [9.17, 15) is 0 Å². The summed E-state index contributed by atoms with van der Waals surface area (Å²) in [5.74, 6) is 1.08. The molecular weight excluding hydrogens is 296 g/mol. The van der Waals surface area contributed by atoms with E-state index in [0.717, 1.165) is 30.9 Å². The van der Waals surface area contributed by atoms with Crippen LogP contribution < -0.4 is 5.32 Å². The molecule has 0 spiro atoms. The molecule has 24 heavy (non-hydrogen) atoms. The number of nitrogens with one attached hydrogen (secondary N) is 2. The van der Waals surface area contributed by atoms with Crippen LogP contribution in [0.5, 0.6) is 0 Å². The molecule has 2 aromatic heterocycles. The summed E-state index contributed by atoms with van der Waals surface area (Å²) in [4.78, 5) is 8.08. The molecular formula is C20H22N4. The van der Waals surface area contributed by atoms with Gasteiger partial charge in [0.2, 0.25) is 0 Å². The zero-order valence-electron chi connectivity index (χ0n) is 14.1. The lowest BCUT2D eigenvalue weighted by molar-refractivity contribution is 0.643. The van der Waals surface area contributed by atoms with Crippen LogP contribution in [0.4, 0.5) is 0 Å². The molecule has 0 aliphatic rings. The smallest absolute Gasteiger partial charge is 0.123 e. The molecule has 0 atom stereocenters. The molecule has 4 aromatic rings. The molecule has 2 aromatic carbocycles. The number of benzene rings is 2. The van der Waals surface area contributed by atoms with Crippen molar-refractivity contribution in [2.24, 2.45) is 7.05 Å². The highest BCUT2D eigenvalue weighted by Crippen LogP contribution is 2.22. The molecule has 122 valence electrons. The first-order valence-electron chi connectivity index (χ1n) is 8.40. The monoisotopic (exact) mass is 318 g/mol. The predicted octanol–water partition coefficient (Wildman–Crippen LogP) is 3.70. The average molecular weight is 318 g/mol. The van der Waals surface area contributed by atoms with E-state index in [1.807, 2.05) is 6.07 Å². The fourth-order valence-corrected chi connectivity index (χ4v) is 3.43. The number of para-hydroxylation sites is 2. The van der Waals surface area contributed by atoms with Crippen LogP contribution >= 0.6 is 0 Å². The van der Waals surface area contributed by atoms with Crippen molar-refractivity contribution in [3.05, 3.63) is 65.6 Å². The molecule has 0 aliphatic heterocycles. The number of aromatic amines is 1. The zero-order chi connectivity index (χ0) is 16.5. The molecule has 4 nitrogen and oxygen atoms in total. The highest BCUT2D eigenvalue weighted by atomic mass is 15.1. The Morgan fingerprint density at radius 1 is 1.12 bits per heavy atom. The number of fused-ring (bicyclic) bond motifs is 2. The third kappa shape index (κ3) is 2.59. The molecule has 0 amide bonds. The van der Waals surface area contributed by atoms with Gasteiger partial charge in [-0.1, -0.05) is 24.3 Å². The van der Waals surface area contributed by atoms with Crippen LogP contribution in [0, 0.1) is 6.92 Å². The van der Waals surface area contributed by atoms with Gasteiger partial charge in [-0.15, -0.1) is 0 Å². The predicted molar refractivity (Wildman–Crippen MR) is 99.2 cm³/mol. The quantitative estimate of drug-likeness (QED) is 0.551. The Kier molecular flexibility index (Phi) is 3.82. The molecule has 4 rings (SSSR count). The average Bonchev–Trinajstić information content (AvgIpc) is 3.15. The van der Waals surface area contributed by atoms with Crippen LogP contribution in [0.3, 0.4) is 0 Å². The Balaban J connectivity index is 1.43. The van der Waals surface area contributed by atoms with E-state index in [1.54, 1.807) is 0 Å². The van der Waals surface area contributed by atoms with Gasteiger partial charge in [0.1, 0.15) is 5.82 Å². The highest BCUT2D eigenvalue weighted by molar-refractivity contribution is 5.86. The molecule has 0 aliphatic carbocycles. The molecule has 2 heterocycles. The first-order chi connectivity index (χ1) is 11.7. The highest BCUT2D eigenvalue weighted by Gasteiger charge is 2.08. The van der Waals surface area contributed by atoms with E-state index in [4.69, 9.17) is 4.98 Å². The minimum absolute atomic E-state index is 0.784. The number of hydrogen-bond donors (Lipinski definition) is 2. The number of imidazole rings is 1. The number of nitrogens with zero attached hydrogens (tertiary/aromatic N) is 2. The van der Waals surface area contributed by atoms with Crippen LogP contribution in [0.15, 0.2) is 48.7 Å². The minimum Gasteiger partial charge on any atom is -0.361 e. The molecule has 0 radical (unpaired) electrons. The summed E-state index contributed by atoms with van der Waals surface area (Å²) in [6.45, 7) is 3.89. The number of H-pyrrole nitrogens is 1. The number of hydrogen-bond acceptors (Lipinski definition) is 2. The van der Waals surface area contributed by atoms with Crippen molar-refractivity contribution >= 4 is 21.9 Å². The van der Waals surface area contributed by atoms with Gasteiger partial charge in [-0.2, -0.15) is 0 Å². The summed E-state index contributed by atoms with van der Waals surface area (Å²) in [6.07, 6.45) is 3.14. The number of rotatable bonds is 5. The Hall–Kier alpha value is -2.59. The van der Waals surface area contributed by atoms with E-state index in [0.29, 0.717) is 0 Å². The largest absolute Gasteiger partial charge is 0.361 e. The van der Waals surface area contributed by atoms with Crippen LogP contribution in [0.1, 0.15) is 17.0 Å². The van der Waals surface area contributed by atoms with Gasteiger partial charge in [-0.25, -0.2) is 4.98 Å². The van der Waals surface area contributed by atoms with E-state index in [2.05, 4.69) is 71.4 Å². The lowest BCUT2D eigenvalue weighted by atomic mass is 10.1. The van der Waals surface area contributed by atoms with E-state index in [-0.39, 0.29) is 0 Å². The van der Waals surface area contributed by atoms with Crippen molar-refractivity contribution < 1.29 is 0 Å². The van der Waals surface area contributed by atoms with Crippen LogP contribution in [-0.4, -0.2) is 21.1 Å². The number of aryl methyl sites for hydroxylation is 2. The van der Waals surface area contributed by atoms with Crippen LogP contribution in [0.2, 0.25) is 0 Å². The van der Waals surface area contributed by atoms with E-state index < -0.39 is 0 Å². The topological polar surface area (TPSA) is 45.6 Å². The van der Waals surface area contributed by atoms with Crippen LogP contribution in [-0.2, 0) is 20.0 Å². The third-order valence-electron chi connectivity index (χ3n) is 4.73. The molecule has 0 bridgehead atoms. The van der Waals surface area contributed by atoms with Gasteiger partial charge in [-0.3, -0.25) is 0 Å². The van der Waals surface area contributed by atoms with Gasteiger partial charge in [0.25, 0.3) is 0 Å². The van der Waals surface area contributed by atoms with Crippen molar-refractivity contribution in [1.29, 1.82) is 0 Å². The maximum absolute atomic E-state index is 4.71. The summed E-state index contributed by atoms with van der Waals surface area (Å²) in [5.41, 5.74) is 6.17.